The van der Waals surface area contributed by atoms with Crippen molar-refractivity contribution in [2.75, 3.05) is 6.61 Å². The van der Waals surface area contributed by atoms with Gasteiger partial charge in [-0.05, 0) is 45.4 Å². The van der Waals surface area contributed by atoms with Crippen LogP contribution in [0.5, 0.6) is 0 Å². The molecule has 0 bridgehead atoms. The summed E-state index contributed by atoms with van der Waals surface area (Å²) in [6.45, 7) is 9.50. The summed E-state index contributed by atoms with van der Waals surface area (Å²) in [5.41, 5.74) is 1.19. The van der Waals surface area contributed by atoms with E-state index in [0.717, 1.165) is 13.0 Å². The van der Waals surface area contributed by atoms with E-state index in [9.17, 15) is 0 Å². The van der Waals surface area contributed by atoms with Gasteiger partial charge in [0.15, 0.2) is 0 Å². The van der Waals surface area contributed by atoms with E-state index in [1.807, 2.05) is 24.5 Å². The van der Waals surface area contributed by atoms with E-state index in [0.29, 0.717) is 12.1 Å². The van der Waals surface area contributed by atoms with Crippen LogP contribution in [0.25, 0.3) is 0 Å². The highest BCUT2D eigenvalue weighted by molar-refractivity contribution is 7.44. The second-order valence-corrected chi connectivity index (χ2v) is 6.71. The molecule has 1 unspecified atom stereocenters. The SMILES string of the molecule is CC(C)N(C(C)C)P1OCC[C@@H](c2ccncc2)O1. The summed E-state index contributed by atoms with van der Waals surface area (Å²) in [5.74, 6) is 0. The highest BCUT2D eigenvalue weighted by Crippen LogP contribution is 2.53. The smallest absolute Gasteiger partial charge is 0.259 e. The van der Waals surface area contributed by atoms with Gasteiger partial charge in [-0.3, -0.25) is 4.98 Å². The fraction of sp³-hybridized carbons (Fsp3) is 0.643. The quantitative estimate of drug-likeness (QED) is 0.784. The lowest BCUT2D eigenvalue weighted by Crippen LogP contribution is -2.35. The predicted octanol–water partition coefficient (Wildman–Crippen LogP) is 3.91. The molecule has 0 aromatic carbocycles. The molecule has 0 radical (unpaired) electrons. The van der Waals surface area contributed by atoms with Crippen molar-refractivity contribution < 1.29 is 9.05 Å². The summed E-state index contributed by atoms with van der Waals surface area (Å²) in [7, 11) is -0.964. The molecular formula is C14H23N2O2P. The van der Waals surface area contributed by atoms with Crippen molar-refractivity contribution in [2.45, 2.75) is 52.3 Å². The van der Waals surface area contributed by atoms with Gasteiger partial charge in [0.2, 0.25) is 0 Å². The Bertz CT molecular complexity index is 378. The number of nitrogens with zero attached hydrogens (tertiary/aromatic N) is 2. The third-order valence-electron chi connectivity index (χ3n) is 3.12. The maximum Gasteiger partial charge on any atom is 0.259 e. The Morgan fingerprint density at radius 3 is 2.42 bits per heavy atom. The highest BCUT2D eigenvalue weighted by Gasteiger charge is 2.33. The van der Waals surface area contributed by atoms with Crippen LogP contribution in [0.15, 0.2) is 24.5 Å². The summed E-state index contributed by atoms with van der Waals surface area (Å²) >= 11 is 0. The van der Waals surface area contributed by atoms with E-state index in [2.05, 4.69) is 37.3 Å². The molecule has 106 valence electrons. The normalized spacial score (nSPS) is 24.4. The average molecular weight is 282 g/mol. The Labute approximate surface area is 117 Å². The van der Waals surface area contributed by atoms with Crippen LogP contribution in [0.4, 0.5) is 0 Å². The van der Waals surface area contributed by atoms with Gasteiger partial charge in [-0.25, -0.2) is 4.67 Å². The van der Waals surface area contributed by atoms with Gasteiger partial charge in [0.05, 0.1) is 12.7 Å². The van der Waals surface area contributed by atoms with Crippen LogP contribution in [-0.4, -0.2) is 28.3 Å². The molecule has 0 saturated carbocycles. The predicted molar refractivity (Wildman–Crippen MR) is 77.7 cm³/mol. The lowest BCUT2D eigenvalue weighted by molar-refractivity contribution is 0.0736. The standard InChI is InChI=1S/C14H23N2O2P/c1-11(2)16(12(3)4)19-17-10-7-14(18-19)13-5-8-15-9-6-13/h5-6,8-9,11-12,14H,7,10H2,1-4H3/t14-,19?/m0/s1. The Kier molecular flexibility index (Phi) is 5.28. The van der Waals surface area contributed by atoms with E-state index in [1.165, 1.54) is 5.56 Å². The molecule has 2 heterocycles. The largest absolute Gasteiger partial charge is 0.322 e. The zero-order valence-corrected chi connectivity index (χ0v) is 13.0. The first kappa shape index (κ1) is 14.9. The van der Waals surface area contributed by atoms with Gasteiger partial charge in [-0.2, -0.15) is 0 Å². The molecule has 5 heteroatoms. The topological polar surface area (TPSA) is 34.6 Å². The molecular weight excluding hydrogens is 259 g/mol. The zero-order chi connectivity index (χ0) is 13.8. The fourth-order valence-corrected chi connectivity index (χ4v) is 4.09. The van der Waals surface area contributed by atoms with Crippen molar-refractivity contribution in [3.8, 4) is 0 Å². The van der Waals surface area contributed by atoms with Gasteiger partial charge in [0.1, 0.15) is 0 Å². The Morgan fingerprint density at radius 1 is 1.21 bits per heavy atom. The average Bonchev–Trinajstić information content (AvgIpc) is 2.39. The van der Waals surface area contributed by atoms with Crippen LogP contribution in [-0.2, 0) is 9.05 Å². The maximum atomic E-state index is 6.20. The summed E-state index contributed by atoms with van der Waals surface area (Å²) in [5, 5.41) is 0. The van der Waals surface area contributed by atoms with Gasteiger partial charge in [0, 0.05) is 30.9 Å². The third kappa shape index (κ3) is 3.73. The van der Waals surface area contributed by atoms with Gasteiger partial charge in [-0.15, -0.1) is 0 Å². The Morgan fingerprint density at radius 2 is 1.84 bits per heavy atom. The molecule has 2 rings (SSSR count). The minimum Gasteiger partial charge on any atom is -0.322 e. The van der Waals surface area contributed by atoms with Gasteiger partial charge in [0.25, 0.3) is 8.53 Å². The molecule has 1 aliphatic rings. The van der Waals surface area contributed by atoms with Crippen molar-refractivity contribution in [3.05, 3.63) is 30.1 Å². The van der Waals surface area contributed by atoms with Gasteiger partial charge in [-0.1, -0.05) is 0 Å². The maximum absolute atomic E-state index is 6.20. The van der Waals surface area contributed by atoms with Crippen LogP contribution in [0.2, 0.25) is 0 Å². The molecule has 0 spiro atoms. The van der Waals surface area contributed by atoms with Crippen molar-refractivity contribution in [1.82, 2.24) is 9.65 Å². The summed E-state index contributed by atoms with van der Waals surface area (Å²) in [4.78, 5) is 4.06. The molecule has 2 atom stereocenters. The Balaban J connectivity index is 2.08. The minimum absolute atomic E-state index is 0.128. The van der Waals surface area contributed by atoms with Crippen LogP contribution >= 0.6 is 8.53 Å². The molecule has 19 heavy (non-hydrogen) atoms. The van der Waals surface area contributed by atoms with Crippen molar-refractivity contribution in [3.63, 3.8) is 0 Å². The monoisotopic (exact) mass is 282 g/mol. The molecule has 1 saturated heterocycles. The van der Waals surface area contributed by atoms with Gasteiger partial charge >= 0.3 is 0 Å². The summed E-state index contributed by atoms with van der Waals surface area (Å²) < 4.78 is 14.4. The highest BCUT2D eigenvalue weighted by atomic mass is 31.2. The Hall–Kier alpha value is -0.540. The molecule has 1 fully saturated rings. The van der Waals surface area contributed by atoms with E-state index < -0.39 is 8.53 Å². The number of hydrogen-bond donors (Lipinski definition) is 0. The molecule has 0 amide bonds. The van der Waals surface area contributed by atoms with E-state index in [4.69, 9.17) is 9.05 Å². The second kappa shape index (κ2) is 6.76. The van der Waals surface area contributed by atoms with Crippen LogP contribution in [0, 0.1) is 0 Å². The number of aromatic nitrogens is 1. The van der Waals surface area contributed by atoms with Gasteiger partial charge < -0.3 is 9.05 Å². The number of pyridine rings is 1. The summed E-state index contributed by atoms with van der Waals surface area (Å²) in [6, 6.07) is 4.89. The van der Waals surface area contributed by atoms with Crippen molar-refractivity contribution >= 4 is 8.53 Å². The number of hydrogen-bond acceptors (Lipinski definition) is 4. The summed E-state index contributed by atoms with van der Waals surface area (Å²) in [6.07, 6.45) is 4.67. The molecule has 1 aliphatic heterocycles. The lowest BCUT2D eigenvalue weighted by atomic mass is 10.1. The van der Waals surface area contributed by atoms with E-state index in [1.54, 1.807) is 0 Å². The molecule has 0 N–H and O–H groups in total. The molecule has 1 aromatic rings. The molecule has 0 aliphatic carbocycles. The van der Waals surface area contributed by atoms with Crippen LogP contribution in [0.1, 0.15) is 45.8 Å². The first-order valence-electron chi connectivity index (χ1n) is 6.87. The van der Waals surface area contributed by atoms with Crippen LogP contribution < -0.4 is 0 Å². The van der Waals surface area contributed by atoms with Crippen LogP contribution in [0.3, 0.4) is 0 Å². The number of rotatable bonds is 4. The zero-order valence-electron chi connectivity index (χ0n) is 12.1. The minimum atomic E-state index is -0.964. The van der Waals surface area contributed by atoms with E-state index in [-0.39, 0.29) is 6.10 Å². The lowest BCUT2D eigenvalue weighted by Gasteiger charge is -2.40. The second-order valence-electron chi connectivity index (χ2n) is 5.30. The first-order chi connectivity index (χ1) is 9.09. The third-order valence-corrected chi connectivity index (χ3v) is 5.26. The van der Waals surface area contributed by atoms with Crippen molar-refractivity contribution in [1.29, 1.82) is 0 Å². The van der Waals surface area contributed by atoms with E-state index >= 15 is 0 Å². The fourth-order valence-electron chi connectivity index (χ4n) is 2.33. The molecule has 4 nitrogen and oxygen atoms in total. The molecule has 1 aromatic heterocycles. The first-order valence-corrected chi connectivity index (χ1v) is 8.00. The van der Waals surface area contributed by atoms with Crippen molar-refractivity contribution in [2.24, 2.45) is 0 Å².